The van der Waals surface area contributed by atoms with Crippen LogP contribution in [0.3, 0.4) is 0 Å². The van der Waals surface area contributed by atoms with Gasteiger partial charge in [-0.25, -0.2) is 0 Å². The molecule has 5 unspecified atom stereocenters. The van der Waals surface area contributed by atoms with Crippen molar-refractivity contribution in [3.63, 3.8) is 0 Å². The third-order valence-electron chi connectivity index (χ3n) is 4.65. The van der Waals surface area contributed by atoms with Crippen LogP contribution < -0.4 is 11.1 Å². The maximum atomic E-state index is 6.13. The Bertz CT molecular complexity index is 204. The summed E-state index contributed by atoms with van der Waals surface area (Å²) >= 11 is 0. The molecule has 0 spiro atoms. The Morgan fingerprint density at radius 3 is 2.46 bits per heavy atom. The highest BCUT2D eigenvalue weighted by atomic mass is 15.0. The predicted octanol–water partition coefficient (Wildman–Crippen LogP) is 0.969. The smallest absolute Gasteiger partial charge is 0.0208 e. The van der Waals surface area contributed by atoms with Gasteiger partial charge in [-0.3, -0.25) is 0 Å². The van der Waals surface area contributed by atoms with Crippen molar-refractivity contribution in [1.29, 1.82) is 0 Å². The first-order chi connectivity index (χ1) is 6.34. The highest BCUT2D eigenvalue weighted by Crippen LogP contribution is 2.51. The van der Waals surface area contributed by atoms with Gasteiger partial charge in [-0.15, -0.1) is 0 Å². The van der Waals surface area contributed by atoms with Crippen molar-refractivity contribution >= 4 is 0 Å². The molecule has 0 aromatic carbocycles. The summed E-state index contributed by atoms with van der Waals surface area (Å²) in [6.45, 7) is 2.24. The number of nitrogens with one attached hydrogen (secondary N) is 1. The average molecular weight is 180 g/mol. The minimum Gasteiger partial charge on any atom is -0.326 e. The first-order valence-corrected chi connectivity index (χ1v) is 5.81. The Kier molecular flexibility index (Phi) is 1.88. The van der Waals surface area contributed by atoms with Crippen LogP contribution in [0.4, 0.5) is 0 Å². The van der Waals surface area contributed by atoms with E-state index in [2.05, 4.69) is 5.32 Å². The fourth-order valence-corrected chi connectivity index (χ4v) is 4.01. The van der Waals surface area contributed by atoms with Crippen LogP contribution in [0.1, 0.15) is 25.7 Å². The molecule has 2 aliphatic carbocycles. The lowest BCUT2D eigenvalue weighted by molar-refractivity contribution is 0.226. The first kappa shape index (κ1) is 8.25. The van der Waals surface area contributed by atoms with E-state index in [1.165, 1.54) is 32.2 Å². The zero-order valence-corrected chi connectivity index (χ0v) is 8.21. The minimum atomic E-state index is 0.448. The molecule has 74 valence electrons. The van der Waals surface area contributed by atoms with Crippen LogP contribution in [0.2, 0.25) is 0 Å². The lowest BCUT2D eigenvalue weighted by Gasteiger charge is -2.29. The standard InChI is InChI=1S/C11H20N2/c12-11-6-13-5-10(11)9-4-7-1-2-8(9)3-7/h7-11,13H,1-6,12H2. The molecule has 1 saturated heterocycles. The van der Waals surface area contributed by atoms with Gasteiger partial charge in [0.1, 0.15) is 0 Å². The molecular weight excluding hydrogens is 160 g/mol. The summed E-state index contributed by atoms with van der Waals surface area (Å²) in [7, 11) is 0. The van der Waals surface area contributed by atoms with E-state index >= 15 is 0 Å². The predicted molar refractivity (Wildman–Crippen MR) is 53.3 cm³/mol. The van der Waals surface area contributed by atoms with Crippen LogP contribution in [0.15, 0.2) is 0 Å². The Labute approximate surface area is 80.3 Å². The molecule has 13 heavy (non-hydrogen) atoms. The maximum absolute atomic E-state index is 6.13. The Balaban J connectivity index is 1.72. The number of fused-ring (bicyclic) bond motifs is 2. The van der Waals surface area contributed by atoms with Gasteiger partial charge in [-0.05, 0) is 49.5 Å². The van der Waals surface area contributed by atoms with Gasteiger partial charge in [0, 0.05) is 12.6 Å². The molecule has 1 heterocycles. The van der Waals surface area contributed by atoms with Crippen LogP contribution >= 0.6 is 0 Å². The lowest BCUT2D eigenvalue weighted by atomic mass is 9.77. The van der Waals surface area contributed by atoms with Crippen LogP contribution in [0, 0.1) is 23.7 Å². The second kappa shape index (κ2) is 2.96. The van der Waals surface area contributed by atoms with Crippen molar-refractivity contribution in [3.8, 4) is 0 Å². The van der Waals surface area contributed by atoms with Gasteiger partial charge in [0.15, 0.2) is 0 Å². The van der Waals surface area contributed by atoms with Crippen LogP contribution in [-0.2, 0) is 0 Å². The molecule has 0 aromatic rings. The fraction of sp³-hybridized carbons (Fsp3) is 1.00. The summed E-state index contributed by atoms with van der Waals surface area (Å²) in [5, 5.41) is 3.43. The second-order valence-electron chi connectivity index (χ2n) is 5.32. The Hall–Kier alpha value is -0.0800. The largest absolute Gasteiger partial charge is 0.326 e. The molecule has 2 bridgehead atoms. The first-order valence-electron chi connectivity index (χ1n) is 5.81. The fourth-order valence-electron chi connectivity index (χ4n) is 4.01. The summed E-state index contributed by atoms with van der Waals surface area (Å²) in [6, 6.07) is 0.448. The van der Waals surface area contributed by atoms with E-state index in [0.717, 1.165) is 30.2 Å². The molecule has 5 atom stereocenters. The SMILES string of the molecule is NC1CNCC1C1CC2CCC1C2. The van der Waals surface area contributed by atoms with E-state index in [-0.39, 0.29) is 0 Å². The van der Waals surface area contributed by atoms with Gasteiger partial charge in [0.2, 0.25) is 0 Å². The number of hydrogen-bond donors (Lipinski definition) is 2. The minimum absolute atomic E-state index is 0.448. The zero-order valence-electron chi connectivity index (χ0n) is 8.21. The van der Waals surface area contributed by atoms with Gasteiger partial charge >= 0.3 is 0 Å². The monoisotopic (exact) mass is 180 g/mol. The van der Waals surface area contributed by atoms with Gasteiger partial charge in [0.05, 0.1) is 0 Å². The average Bonchev–Trinajstić information content (AvgIpc) is 2.77. The highest BCUT2D eigenvalue weighted by Gasteiger charge is 2.45. The van der Waals surface area contributed by atoms with Crippen LogP contribution in [0.5, 0.6) is 0 Å². The van der Waals surface area contributed by atoms with Crippen LogP contribution in [0.25, 0.3) is 0 Å². The number of nitrogens with two attached hydrogens (primary N) is 1. The topological polar surface area (TPSA) is 38.0 Å². The Morgan fingerprint density at radius 2 is 1.92 bits per heavy atom. The zero-order chi connectivity index (χ0) is 8.84. The molecule has 0 aromatic heterocycles. The lowest BCUT2D eigenvalue weighted by Crippen LogP contribution is -2.35. The van der Waals surface area contributed by atoms with E-state index in [0.29, 0.717) is 6.04 Å². The van der Waals surface area contributed by atoms with Crippen LogP contribution in [-0.4, -0.2) is 19.1 Å². The number of rotatable bonds is 1. The Morgan fingerprint density at radius 1 is 1.00 bits per heavy atom. The van der Waals surface area contributed by atoms with Crippen molar-refractivity contribution in [2.45, 2.75) is 31.7 Å². The van der Waals surface area contributed by atoms with E-state index in [4.69, 9.17) is 5.73 Å². The molecule has 2 heteroatoms. The molecule has 0 amide bonds. The van der Waals surface area contributed by atoms with Gasteiger partial charge in [-0.1, -0.05) is 6.42 Å². The molecule has 3 rings (SSSR count). The third-order valence-corrected chi connectivity index (χ3v) is 4.65. The summed E-state index contributed by atoms with van der Waals surface area (Å²) in [4.78, 5) is 0. The second-order valence-corrected chi connectivity index (χ2v) is 5.32. The van der Waals surface area contributed by atoms with Gasteiger partial charge in [0.25, 0.3) is 0 Å². The summed E-state index contributed by atoms with van der Waals surface area (Å²) in [6.07, 6.45) is 6.02. The molecule has 2 nitrogen and oxygen atoms in total. The third kappa shape index (κ3) is 1.23. The van der Waals surface area contributed by atoms with Gasteiger partial charge < -0.3 is 11.1 Å². The van der Waals surface area contributed by atoms with E-state index in [9.17, 15) is 0 Å². The van der Waals surface area contributed by atoms with E-state index < -0.39 is 0 Å². The van der Waals surface area contributed by atoms with Crippen molar-refractivity contribution < 1.29 is 0 Å². The molecule has 0 radical (unpaired) electrons. The van der Waals surface area contributed by atoms with Gasteiger partial charge in [-0.2, -0.15) is 0 Å². The van der Waals surface area contributed by atoms with E-state index in [1.54, 1.807) is 0 Å². The summed E-state index contributed by atoms with van der Waals surface area (Å²) in [5.74, 6) is 3.89. The highest BCUT2D eigenvalue weighted by molar-refractivity contribution is 4.98. The van der Waals surface area contributed by atoms with Crippen molar-refractivity contribution in [1.82, 2.24) is 5.32 Å². The molecule has 2 saturated carbocycles. The quantitative estimate of drug-likeness (QED) is 0.631. The summed E-state index contributed by atoms with van der Waals surface area (Å²) < 4.78 is 0. The van der Waals surface area contributed by atoms with Crippen molar-refractivity contribution in [3.05, 3.63) is 0 Å². The molecule has 3 fully saturated rings. The van der Waals surface area contributed by atoms with E-state index in [1.807, 2.05) is 0 Å². The normalized spacial score (nSPS) is 54.7. The molecule has 3 aliphatic rings. The molecular formula is C11H20N2. The number of hydrogen-bond acceptors (Lipinski definition) is 2. The molecule has 1 aliphatic heterocycles. The van der Waals surface area contributed by atoms with Crippen molar-refractivity contribution in [2.24, 2.45) is 29.4 Å². The summed E-state index contributed by atoms with van der Waals surface area (Å²) in [5.41, 5.74) is 6.13. The van der Waals surface area contributed by atoms with Crippen molar-refractivity contribution in [2.75, 3.05) is 13.1 Å². The molecule has 3 N–H and O–H groups in total. The maximum Gasteiger partial charge on any atom is 0.0208 e.